The molecule has 0 radical (unpaired) electrons. The third-order valence-corrected chi connectivity index (χ3v) is 7.49. The van der Waals surface area contributed by atoms with E-state index >= 15 is 0 Å². The average Bonchev–Trinajstić information content (AvgIpc) is 3.42. The maximum Gasteiger partial charge on any atom is 0.224 e. The number of benzene rings is 1. The smallest absolute Gasteiger partial charge is 0.224 e. The van der Waals surface area contributed by atoms with E-state index in [0.717, 1.165) is 25.7 Å². The normalized spacial score (nSPS) is 23.2. The fraction of sp³-hybridized carbons (Fsp3) is 0.632. The van der Waals surface area contributed by atoms with Crippen LogP contribution in [0.3, 0.4) is 0 Å². The molecule has 6 heteroatoms. The number of rotatable bonds is 7. The van der Waals surface area contributed by atoms with Gasteiger partial charge in [-0.2, -0.15) is 0 Å². The van der Waals surface area contributed by atoms with Crippen LogP contribution in [0.25, 0.3) is 0 Å². The number of sulfonamides is 1. The van der Waals surface area contributed by atoms with Gasteiger partial charge in [0, 0.05) is 25.0 Å². The van der Waals surface area contributed by atoms with Crippen LogP contribution in [0.2, 0.25) is 0 Å². The number of nitrogens with zero attached hydrogens (tertiary/aromatic N) is 1. The predicted octanol–water partition coefficient (Wildman–Crippen LogP) is 2.29. The van der Waals surface area contributed by atoms with E-state index in [9.17, 15) is 13.2 Å². The predicted molar refractivity (Wildman–Crippen MR) is 98.7 cm³/mol. The Morgan fingerprint density at radius 2 is 2.00 bits per heavy atom. The van der Waals surface area contributed by atoms with Crippen LogP contribution >= 0.6 is 0 Å². The summed E-state index contributed by atoms with van der Waals surface area (Å²) in [5.74, 6) is -0.0658. The fourth-order valence-electron chi connectivity index (χ4n) is 3.71. The first-order chi connectivity index (χ1) is 12.0. The molecule has 25 heavy (non-hydrogen) atoms. The number of nitrogens with one attached hydrogen (secondary N) is 1. The van der Waals surface area contributed by atoms with Crippen LogP contribution < -0.4 is 5.32 Å². The highest BCUT2D eigenvalue weighted by molar-refractivity contribution is 7.89. The molecule has 1 heterocycles. The third kappa shape index (κ3) is 4.23. The lowest BCUT2D eigenvalue weighted by atomic mass is 9.94. The molecular weight excluding hydrogens is 336 g/mol. The van der Waals surface area contributed by atoms with Crippen molar-refractivity contribution in [3.63, 3.8) is 0 Å². The van der Waals surface area contributed by atoms with Crippen molar-refractivity contribution in [2.75, 3.05) is 25.4 Å². The molecule has 0 spiro atoms. The van der Waals surface area contributed by atoms with Gasteiger partial charge in [0.25, 0.3) is 0 Å². The van der Waals surface area contributed by atoms with Gasteiger partial charge in [-0.1, -0.05) is 37.3 Å². The fourth-order valence-corrected chi connectivity index (χ4v) is 5.30. The first-order valence-electron chi connectivity index (χ1n) is 9.28. The summed E-state index contributed by atoms with van der Waals surface area (Å²) < 4.78 is 26.0. The molecule has 1 aromatic carbocycles. The Morgan fingerprint density at radius 3 is 2.64 bits per heavy atom. The molecule has 0 aromatic heterocycles. The van der Waals surface area contributed by atoms with Crippen molar-refractivity contribution in [3.8, 4) is 0 Å². The Hall–Kier alpha value is -1.40. The second kappa shape index (κ2) is 7.46. The van der Waals surface area contributed by atoms with E-state index in [4.69, 9.17) is 0 Å². The molecule has 2 aliphatic rings. The van der Waals surface area contributed by atoms with Crippen LogP contribution in [-0.4, -0.2) is 44.0 Å². The van der Waals surface area contributed by atoms with Crippen molar-refractivity contribution in [1.29, 1.82) is 0 Å². The van der Waals surface area contributed by atoms with E-state index in [1.165, 1.54) is 9.87 Å². The maximum absolute atomic E-state index is 12.6. The number of carbonyl (C=O) groups excluding carboxylic acids is 1. The van der Waals surface area contributed by atoms with Gasteiger partial charge in [-0.3, -0.25) is 4.79 Å². The lowest BCUT2D eigenvalue weighted by molar-refractivity contribution is -0.126. The summed E-state index contributed by atoms with van der Waals surface area (Å²) in [4.78, 5) is 12.6. The Kier molecular flexibility index (Phi) is 5.49. The van der Waals surface area contributed by atoms with Crippen molar-refractivity contribution >= 4 is 15.9 Å². The average molecular weight is 365 g/mol. The van der Waals surface area contributed by atoms with Crippen molar-refractivity contribution in [2.45, 2.75) is 44.4 Å². The second-order valence-electron chi connectivity index (χ2n) is 7.38. The summed E-state index contributed by atoms with van der Waals surface area (Å²) in [6.07, 6.45) is 4.32. The van der Waals surface area contributed by atoms with Crippen molar-refractivity contribution in [2.24, 2.45) is 5.92 Å². The van der Waals surface area contributed by atoms with Crippen LogP contribution in [0.1, 0.15) is 44.6 Å². The van der Waals surface area contributed by atoms with Gasteiger partial charge in [0.15, 0.2) is 0 Å². The zero-order chi connectivity index (χ0) is 17.9. The molecule has 3 rings (SSSR count). The number of amides is 1. The number of carbonyl (C=O) groups is 1. The summed E-state index contributed by atoms with van der Waals surface area (Å²) in [7, 11) is -3.22. The van der Waals surface area contributed by atoms with E-state index in [0.29, 0.717) is 26.1 Å². The van der Waals surface area contributed by atoms with Crippen molar-refractivity contribution < 1.29 is 13.2 Å². The van der Waals surface area contributed by atoms with Gasteiger partial charge in [0.1, 0.15) is 0 Å². The molecular formula is C19H28N2O3S. The number of hydrogen-bond donors (Lipinski definition) is 1. The molecule has 2 fully saturated rings. The number of hydrogen-bond acceptors (Lipinski definition) is 3. The Bertz CT molecular complexity index is 699. The van der Waals surface area contributed by atoms with Crippen LogP contribution in [0, 0.1) is 5.92 Å². The van der Waals surface area contributed by atoms with Crippen LogP contribution in [0.15, 0.2) is 30.3 Å². The van der Waals surface area contributed by atoms with Gasteiger partial charge < -0.3 is 5.32 Å². The molecule has 1 amide bonds. The molecule has 5 nitrogen and oxygen atoms in total. The zero-order valence-electron chi connectivity index (χ0n) is 14.9. The molecule has 1 atom stereocenters. The largest absolute Gasteiger partial charge is 0.355 e. The summed E-state index contributed by atoms with van der Waals surface area (Å²) in [6, 6.07) is 10.3. The van der Waals surface area contributed by atoms with Gasteiger partial charge in [-0.25, -0.2) is 12.7 Å². The molecule has 0 unspecified atom stereocenters. The van der Waals surface area contributed by atoms with Crippen molar-refractivity contribution in [1.82, 2.24) is 9.62 Å². The van der Waals surface area contributed by atoms with Crippen LogP contribution in [0.5, 0.6) is 0 Å². The minimum Gasteiger partial charge on any atom is -0.355 e. The first-order valence-corrected chi connectivity index (χ1v) is 10.9. The standard InChI is InChI=1S/C19H28N2O3S/c1-2-13-25(23,24)21-12-6-7-16(14-21)18(22)20-15-19(10-11-19)17-8-4-3-5-9-17/h3-5,8-9,16H,2,6-7,10-15H2,1H3,(H,20,22)/t16-/m0/s1. The van der Waals surface area contributed by atoms with E-state index in [2.05, 4.69) is 17.4 Å². The molecule has 0 bridgehead atoms. The minimum atomic E-state index is -3.22. The summed E-state index contributed by atoms with van der Waals surface area (Å²) >= 11 is 0. The van der Waals surface area contributed by atoms with Gasteiger partial charge in [-0.15, -0.1) is 0 Å². The summed E-state index contributed by atoms with van der Waals surface area (Å²) in [5, 5.41) is 3.10. The monoisotopic (exact) mass is 364 g/mol. The van der Waals surface area contributed by atoms with Crippen LogP contribution in [0.4, 0.5) is 0 Å². The maximum atomic E-state index is 12.6. The highest BCUT2D eigenvalue weighted by Crippen LogP contribution is 2.47. The van der Waals surface area contributed by atoms with Gasteiger partial charge in [-0.05, 0) is 37.7 Å². The topological polar surface area (TPSA) is 66.5 Å². The van der Waals surface area contributed by atoms with Gasteiger partial charge >= 0.3 is 0 Å². The molecule has 1 aliphatic heterocycles. The third-order valence-electron chi connectivity index (χ3n) is 5.45. The Labute approximate surface area is 150 Å². The lowest BCUT2D eigenvalue weighted by Crippen LogP contribution is -2.47. The lowest BCUT2D eigenvalue weighted by Gasteiger charge is -2.31. The highest BCUT2D eigenvalue weighted by Gasteiger charge is 2.44. The number of piperidine rings is 1. The quantitative estimate of drug-likeness (QED) is 0.807. The minimum absolute atomic E-state index is 0.00129. The summed E-state index contributed by atoms with van der Waals surface area (Å²) in [5.41, 5.74) is 1.37. The van der Waals surface area contributed by atoms with Gasteiger partial charge in [0.2, 0.25) is 15.9 Å². The molecule has 1 saturated heterocycles. The second-order valence-corrected chi connectivity index (χ2v) is 9.47. The molecule has 1 aliphatic carbocycles. The Balaban J connectivity index is 1.57. The van der Waals surface area contributed by atoms with E-state index < -0.39 is 10.0 Å². The van der Waals surface area contributed by atoms with E-state index in [1.54, 1.807) is 0 Å². The van der Waals surface area contributed by atoms with E-state index in [-0.39, 0.29) is 23.0 Å². The SMILES string of the molecule is CCCS(=O)(=O)N1CCC[C@H](C(=O)NCC2(c3ccccc3)CC2)C1. The first kappa shape index (κ1) is 18.4. The van der Waals surface area contributed by atoms with Crippen molar-refractivity contribution in [3.05, 3.63) is 35.9 Å². The van der Waals surface area contributed by atoms with Gasteiger partial charge in [0.05, 0.1) is 11.7 Å². The molecule has 1 aromatic rings. The molecule has 138 valence electrons. The van der Waals surface area contributed by atoms with E-state index in [1.807, 2.05) is 25.1 Å². The Morgan fingerprint density at radius 1 is 1.28 bits per heavy atom. The highest BCUT2D eigenvalue weighted by atomic mass is 32.2. The summed E-state index contributed by atoms with van der Waals surface area (Å²) in [6.45, 7) is 3.38. The molecule has 1 saturated carbocycles. The zero-order valence-corrected chi connectivity index (χ0v) is 15.7. The molecule has 1 N–H and O–H groups in total. The van der Waals surface area contributed by atoms with Crippen LogP contribution in [-0.2, 0) is 20.2 Å².